The molecule has 0 aliphatic carbocycles. The van der Waals surface area contributed by atoms with Gasteiger partial charge in [-0.25, -0.2) is 9.59 Å². The summed E-state index contributed by atoms with van der Waals surface area (Å²) in [6.45, 7) is 0. The number of alkyl halides is 6. The Morgan fingerprint density at radius 3 is 1.62 bits per heavy atom. The molecule has 0 amide bonds. The molecule has 15 nitrogen and oxygen atoms in total. The summed E-state index contributed by atoms with van der Waals surface area (Å²) in [7, 11) is -4.67. The first-order valence-corrected chi connectivity index (χ1v) is 9.76. The largest absolute Gasteiger partial charge is 1.00 e. The van der Waals surface area contributed by atoms with Gasteiger partial charge in [-0.2, -0.15) is 34.8 Å². The van der Waals surface area contributed by atoms with Crippen LogP contribution in [0.15, 0.2) is 47.8 Å². The number of benzene rings is 2. The van der Waals surface area contributed by atoms with Crippen LogP contribution in [0.4, 0.5) is 32.0 Å². The normalized spacial score (nSPS) is 10.4. The molecule has 0 heterocycles. The van der Waals surface area contributed by atoms with Gasteiger partial charge in [0.1, 0.15) is 10.9 Å². The van der Waals surface area contributed by atoms with Gasteiger partial charge in [-0.1, -0.05) is 6.07 Å². The van der Waals surface area contributed by atoms with Crippen molar-refractivity contribution in [2.75, 3.05) is 0 Å². The number of nitrogens with zero attached hydrogens (tertiary/aromatic N) is 2. The average molecular weight is 624 g/mol. The third-order valence-corrected chi connectivity index (χ3v) is 3.22. The quantitative estimate of drug-likeness (QED) is 0.0667. The fourth-order valence-corrected chi connectivity index (χ4v) is 1.87. The van der Waals surface area contributed by atoms with E-state index in [2.05, 4.69) is 4.99 Å². The predicted octanol–water partition coefficient (Wildman–Crippen LogP) is 0.0263. The number of hydrogen-bond donors (Lipinski definition) is 4. The van der Waals surface area contributed by atoms with Crippen molar-refractivity contribution in [3.05, 3.63) is 79.7 Å². The third kappa shape index (κ3) is 19.0. The van der Waals surface area contributed by atoms with Crippen molar-refractivity contribution < 1.29 is 130 Å². The minimum atomic E-state index is -4.74. The molecule has 0 saturated carbocycles. The van der Waals surface area contributed by atoms with Crippen LogP contribution >= 0.6 is 0 Å². The molecule has 212 valence electrons. The Labute approximate surface area is 254 Å². The molecule has 39 heavy (non-hydrogen) atoms. The van der Waals surface area contributed by atoms with Gasteiger partial charge in [0.25, 0.3) is 5.69 Å². The summed E-state index contributed by atoms with van der Waals surface area (Å²) < 4.78 is 104. The zero-order chi connectivity index (χ0) is 30.5. The minimum absolute atomic E-state index is 0. The monoisotopic (exact) mass is 624 g/mol. The maximum Gasteiger partial charge on any atom is 1.00 e. The second-order valence-electron chi connectivity index (χ2n) is 5.77. The van der Waals surface area contributed by atoms with Crippen LogP contribution in [0.3, 0.4) is 0 Å². The molecular weight excluding hydrogens is 613 g/mol. The summed E-state index contributed by atoms with van der Waals surface area (Å²) in [5.41, 5.74) is -4.42. The number of carboxylic acids is 2. The zero-order valence-electron chi connectivity index (χ0n) is 18.6. The molecule has 0 spiro atoms. The SMILES string of the molecule is O=C(O)c1cc(C(F)(F)F)ccc1[N+](=O)[O-].O=C(O)c1cccc(C(F)(F)F)c1.O=NO[O-].O=S(=O)(O)O.[K+]. The molecule has 0 aliphatic rings. The summed E-state index contributed by atoms with van der Waals surface area (Å²) in [6.07, 6.45) is -9.23. The molecule has 2 aromatic rings. The van der Waals surface area contributed by atoms with Crippen molar-refractivity contribution in [1.82, 2.24) is 0 Å². The first-order chi connectivity index (χ1) is 17.1. The number of aromatic carboxylic acids is 2. The molecule has 0 fully saturated rings. The van der Waals surface area contributed by atoms with E-state index in [1.807, 2.05) is 0 Å². The molecule has 0 aromatic heterocycles. The predicted molar refractivity (Wildman–Crippen MR) is 105 cm³/mol. The third-order valence-electron chi connectivity index (χ3n) is 3.22. The van der Waals surface area contributed by atoms with Gasteiger partial charge >= 0.3 is 86.1 Å². The van der Waals surface area contributed by atoms with E-state index in [4.69, 9.17) is 37.9 Å². The van der Waals surface area contributed by atoms with E-state index in [9.17, 15) is 46.0 Å². The average Bonchev–Trinajstić information content (AvgIpc) is 2.77. The van der Waals surface area contributed by atoms with Crippen molar-refractivity contribution in [2.24, 2.45) is 5.34 Å². The number of nitro benzene ring substituents is 1. The molecule has 2 aromatic carbocycles. The van der Waals surface area contributed by atoms with E-state index >= 15 is 0 Å². The first-order valence-electron chi connectivity index (χ1n) is 8.37. The molecule has 0 unspecified atom stereocenters. The Kier molecular flexibility index (Phi) is 18.5. The van der Waals surface area contributed by atoms with Gasteiger partial charge in [0.05, 0.1) is 21.6 Å². The van der Waals surface area contributed by atoms with Crippen LogP contribution in [0.5, 0.6) is 0 Å². The van der Waals surface area contributed by atoms with E-state index in [0.29, 0.717) is 18.2 Å². The number of carbonyl (C=O) groups is 2. The first kappa shape index (κ1) is 40.7. The van der Waals surface area contributed by atoms with E-state index in [1.165, 1.54) is 5.34 Å². The Hall–Kier alpha value is -2.77. The van der Waals surface area contributed by atoms with Gasteiger partial charge < -0.3 is 20.5 Å². The summed E-state index contributed by atoms with van der Waals surface area (Å²) in [5.74, 6) is -3.15. The number of nitro groups is 1. The number of rotatable bonds is 4. The van der Waals surface area contributed by atoms with Gasteiger partial charge in [0.15, 0.2) is 0 Å². The van der Waals surface area contributed by atoms with Gasteiger partial charge in [-0.3, -0.25) is 19.2 Å². The van der Waals surface area contributed by atoms with Crippen LogP contribution in [0.1, 0.15) is 31.8 Å². The van der Waals surface area contributed by atoms with Crippen LogP contribution in [0, 0.1) is 15.0 Å². The topological polar surface area (TPSA) is 254 Å². The maximum atomic E-state index is 12.2. The fourth-order valence-electron chi connectivity index (χ4n) is 1.87. The molecule has 2 rings (SSSR count). The van der Waals surface area contributed by atoms with Crippen molar-refractivity contribution in [2.45, 2.75) is 12.4 Å². The zero-order valence-corrected chi connectivity index (χ0v) is 22.5. The van der Waals surface area contributed by atoms with Crippen molar-refractivity contribution >= 4 is 28.0 Å². The molecule has 0 bridgehead atoms. The van der Waals surface area contributed by atoms with Gasteiger partial charge in [-0.15, -0.1) is 4.91 Å². The summed E-state index contributed by atoms with van der Waals surface area (Å²) in [5, 5.41) is 37.0. The summed E-state index contributed by atoms with van der Waals surface area (Å²) in [6, 6.07) is 4.82. The van der Waals surface area contributed by atoms with Crippen LogP contribution in [-0.2, 0) is 27.7 Å². The molecule has 0 aliphatic heterocycles. The van der Waals surface area contributed by atoms with Crippen LogP contribution in [-0.4, -0.2) is 44.6 Å². The summed E-state index contributed by atoms with van der Waals surface area (Å²) in [4.78, 5) is 40.9. The van der Waals surface area contributed by atoms with Crippen LogP contribution < -0.4 is 56.6 Å². The molecule has 0 saturated heterocycles. The van der Waals surface area contributed by atoms with Gasteiger partial charge in [-0.05, 0) is 30.3 Å². The fraction of sp³-hybridized carbons (Fsp3) is 0.125. The minimum Gasteiger partial charge on any atom is -0.635 e. The number of halogens is 6. The molecular formula is C16H11F6KN2O13S. The van der Waals surface area contributed by atoms with Crippen molar-refractivity contribution in [3.8, 4) is 0 Å². The Morgan fingerprint density at radius 1 is 0.897 bits per heavy atom. The Balaban J connectivity index is -0.000000504. The smallest absolute Gasteiger partial charge is 0.635 e. The second kappa shape index (κ2) is 17.7. The maximum absolute atomic E-state index is 12.2. The molecule has 0 radical (unpaired) electrons. The van der Waals surface area contributed by atoms with Crippen LogP contribution in [0.25, 0.3) is 0 Å². The Bertz CT molecular complexity index is 1230. The van der Waals surface area contributed by atoms with Crippen molar-refractivity contribution in [1.29, 1.82) is 0 Å². The molecule has 23 heteroatoms. The standard InChI is InChI=1S/C8H4F3NO4.C8H5F3O2.K.HNO3.H2O4S/c9-8(10,11)4-1-2-6(12(15)16)5(3-4)7(13)14;9-8(10,11)6-3-1-2-5(4-6)7(12)13;;2-1-4-3;1-5(2,3)4/h1-3H,(H,13,14);1-4H,(H,12,13);;3H;(H2,1,2,3,4)/q;;+1;;/p-1. The van der Waals surface area contributed by atoms with E-state index in [-0.39, 0.29) is 63.0 Å². The second-order valence-corrected chi connectivity index (χ2v) is 6.67. The summed E-state index contributed by atoms with van der Waals surface area (Å²) >= 11 is 0. The number of hydrogen-bond acceptors (Lipinski definition) is 10. The van der Waals surface area contributed by atoms with E-state index < -0.39 is 62.0 Å². The van der Waals surface area contributed by atoms with Crippen LogP contribution in [0.2, 0.25) is 0 Å². The number of carboxylic acid groups (broad SMARTS) is 2. The molecule has 0 atom stereocenters. The van der Waals surface area contributed by atoms with E-state index in [0.717, 1.165) is 18.2 Å². The van der Waals surface area contributed by atoms with E-state index in [1.54, 1.807) is 0 Å². The Morgan fingerprint density at radius 2 is 1.31 bits per heavy atom. The van der Waals surface area contributed by atoms with Gasteiger partial charge in [0, 0.05) is 6.07 Å². The van der Waals surface area contributed by atoms with Gasteiger partial charge in [0.2, 0.25) is 0 Å². The van der Waals surface area contributed by atoms with Crippen molar-refractivity contribution in [3.63, 3.8) is 0 Å². The molecule has 4 N–H and O–H groups in total.